The van der Waals surface area contributed by atoms with Crippen LogP contribution in [0.25, 0.3) is 0 Å². The van der Waals surface area contributed by atoms with E-state index in [1.54, 1.807) is 18.2 Å². The third-order valence-corrected chi connectivity index (χ3v) is 5.25. The fraction of sp³-hybridized carbons (Fsp3) is 0.400. The predicted molar refractivity (Wildman–Crippen MR) is 92.9 cm³/mol. The summed E-state index contributed by atoms with van der Waals surface area (Å²) in [7, 11) is 0. The number of hydrogen-bond acceptors (Lipinski definition) is 4. The van der Waals surface area contributed by atoms with Gasteiger partial charge in [-0.2, -0.15) is 0 Å². The van der Waals surface area contributed by atoms with Crippen LogP contribution in [0.2, 0.25) is 5.02 Å². The summed E-state index contributed by atoms with van der Waals surface area (Å²) in [4.78, 5) is 10.3. The zero-order valence-corrected chi connectivity index (χ0v) is 15.4. The van der Waals surface area contributed by atoms with Crippen LogP contribution >= 0.6 is 27.5 Å². The van der Waals surface area contributed by atoms with Crippen molar-refractivity contribution in [2.24, 2.45) is 0 Å². The molecule has 2 unspecified atom stereocenters. The van der Waals surface area contributed by atoms with Gasteiger partial charge < -0.3 is 9.29 Å². The van der Waals surface area contributed by atoms with Gasteiger partial charge in [0.2, 0.25) is 0 Å². The van der Waals surface area contributed by atoms with E-state index in [-0.39, 0.29) is 12.6 Å². The van der Waals surface area contributed by atoms with Gasteiger partial charge in [0.05, 0.1) is 23.4 Å². The number of carbonyl (C=O) groups is 1. The van der Waals surface area contributed by atoms with Crippen molar-refractivity contribution >= 4 is 51.0 Å². The molecule has 0 spiro atoms. The van der Waals surface area contributed by atoms with E-state index in [9.17, 15) is 13.6 Å². The van der Waals surface area contributed by atoms with E-state index in [4.69, 9.17) is 16.3 Å². The first-order chi connectivity index (χ1) is 11.0. The number of halogens is 2. The summed E-state index contributed by atoms with van der Waals surface area (Å²) < 4.78 is 30.5. The topological polar surface area (TPSA) is 69.7 Å². The van der Waals surface area contributed by atoms with Gasteiger partial charge in [0.25, 0.3) is 6.47 Å². The highest BCUT2D eigenvalue weighted by molar-refractivity contribution is 9.10. The van der Waals surface area contributed by atoms with Crippen molar-refractivity contribution in [2.75, 3.05) is 10.9 Å². The number of benzene rings is 1. The van der Waals surface area contributed by atoms with Crippen LogP contribution in [0.15, 0.2) is 34.3 Å². The largest absolute Gasteiger partial charge is 0.755 e. The Morgan fingerprint density at radius 3 is 2.96 bits per heavy atom. The van der Waals surface area contributed by atoms with Gasteiger partial charge in [-0.25, -0.2) is 0 Å². The highest BCUT2D eigenvalue weighted by atomic mass is 79.9. The maximum absolute atomic E-state index is 11.9. The van der Waals surface area contributed by atoms with E-state index in [0.29, 0.717) is 30.0 Å². The molecular formula is C15H16BrClNO4S-. The van der Waals surface area contributed by atoms with Gasteiger partial charge in [0.15, 0.2) is 0 Å². The molecule has 126 valence electrons. The lowest BCUT2D eigenvalue weighted by Crippen LogP contribution is -2.39. The Kier molecular flexibility index (Phi) is 7.08. The van der Waals surface area contributed by atoms with Crippen molar-refractivity contribution in [3.8, 4) is 0 Å². The zero-order valence-electron chi connectivity index (χ0n) is 12.2. The molecule has 0 heterocycles. The molecular weight excluding hydrogens is 406 g/mol. The van der Waals surface area contributed by atoms with Gasteiger partial charge in [-0.3, -0.25) is 13.3 Å². The van der Waals surface area contributed by atoms with Crippen LogP contribution in [0, 0.1) is 0 Å². The predicted octanol–water partition coefficient (Wildman–Crippen LogP) is 3.75. The average Bonchev–Trinajstić information content (AvgIpc) is 2.51. The molecule has 0 bridgehead atoms. The molecule has 0 radical (unpaired) electrons. The first-order valence-corrected chi connectivity index (χ1v) is 9.32. The van der Waals surface area contributed by atoms with Crippen LogP contribution in [-0.2, 0) is 20.8 Å². The second kappa shape index (κ2) is 8.82. The van der Waals surface area contributed by atoms with Gasteiger partial charge in [-0.15, -0.1) is 0 Å². The second-order valence-electron chi connectivity index (χ2n) is 5.08. The summed E-state index contributed by atoms with van der Waals surface area (Å²) in [5.74, 6) is 0. The second-order valence-corrected chi connectivity index (χ2v) is 7.23. The number of carbonyl (C=O) groups excluding carboxylic acids is 1. The van der Waals surface area contributed by atoms with Crippen molar-refractivity contribution in [3.05, 3.63) is 39.3 Å². The minimum Gasteiger partial charge on any atom is -0.755 e. The van der Waals surface area contributed by atoms with E-state index in [2.05, 4.69) is 15.9 Å². The smallest absolute Gasteiger partial charge is 0.293 e. The van der Waals surface area contributed by atoms with Gasteiger partial charge in [-0.1, -0.05) is 33.6 Å². The molecule has 0 amide bonds. The third-order valence-electron chi connectivity index (χ3n) is 3.68. The Bertz CT molecular complexity index is 625. The molecule has 8 heteroatoms. The molecule has 0 saturated carbocycles. The van der Waals surface area contributed by atoms with E-state index >= 15 is 0 Å². The fourth-order valence-corrected chi connectivity index (χ4v) is 4.28. The molecule has 1 aliphatic carbocycles. The maximum Gasteiger partial charge on any atom is 0.293 e. The van der Waals surface area contributed by atoms with Crippen LogP contribution in [0.3, 0.4) is 0 Å². The summed E-state index contributed by atoms with van der Waals surface area (Å²) >= 11 is 7.08. The minimum absolute atomic E-state index is 0.235. The van der Waals surface area contributed by atoms with Gasteiger partial charge in [0, 0.05) is 22.2 Å². The first kappa shape index (κ1) is 18.4. The average molecular weight is 422 g/mol. The minimum atomic E-state index is -2.46. The first-order valence-electron chi connectivity index (χ1n) is 7.12. The maximum atomic E-state index is 11.9. The van der Waals surface area contributed by atoms with Gasteiger partial charge >= 0.3 is 0 Å². The number of nitrogens with zero attached hydrogens (tertiary/aromatic N) is 1. The molecule has 1 aliphatic rings. The van der Waals surface area contributed by atoms with Gasteiger partial charge in [-0.05, 0) is 43.0 Å². The van der Waals surface area contributed by atoms with Crippen molar-refractivity contribution in [1.82, 2.24) is 0 Å². The Morgan fingerprint density at radius 1 is 1.52 bits per heavy atom. The van der Waals surface area contributed by atoms with Crippen molar-refractivity contribution in [3.63, 3.8) is 0 Å². The molecule has 5 nitrogen and oxygen atoms in total. The summed E-state index contributed by atoms with van der Waals surface area (Å²) in [5, 5.41) is 0.359. The third kappa shape index (κ3) is 4.79. The SMILES string of the molecule is O=COCCC1=CCCCC1N(c1ccc(Br)cc1Cl)S(=O)[O-]. The van der Waals surface area contributed by atoms with Crippen LogP contribution in [0.5, 0.6) is 0 Å². The molecule has 0 aliphatic heterocycles. The summed E-state index contributed by atoms with van der Waals surface area (Å²) in [5.41, 5.74) is 1.39. The standard InChI is InChI=1S/C15H17BrClNO4S/c16-12-5-6-15(13(17)9-12)18(23(20)21)14-4-2-1-3-11(14)7-8-22-10-19/h3,5-6,9-10,14H,1-2,4,7-8H2,(H,20,21)/p-1. The Labute approximate surface area is 151 Å². The van der Waals surface area contributed by atoms with E-state index in [1.165, 1.54) is 4.31 Å². The molecule has 0 N–H and O–H groups in total. The lowest BCUT2D eigenvalue weighted by molar-refractivity contribution is -0.128. The van der Waals surface area contributed by atoms with Gasteiger partial charge in [0.1, 0.15) is 0 Å². The van der Waals surface area contributed by atoms with Crippen molar-refractivity contribution in [1.29, 1.82) is 0 Å². The normalized spacial score (nSPS) is 18.9. The zero-order chi connectivity index (χ0) is 16.8. The molecule has 0 fully saturated rings. The summed E-state index contributed by atoms with van der Waals surface area (Å²) in [6.07, 6.45) is 5.01. The quantitative estimate of drug-likeness (QED) is 0.291. The Hall–Kier alpha value is -0.890. The molecule has 1 aromatic rings. The summed E-state index contributed by atoms with van der Waals surface area (Å²) in [6.45, 7) is 0.632. The number of anilines is 1. The highest BCUT2D eigenvalue weighted by Gasteiger charge is 2.27. The van der Waals surface area contributed by atoms with E-state index in [1.807, 2.05) is 6.08 Å². The highest BCUT2D eigenvalue weighted by Crippen LogP contribution is 2.36. The summed E-state index contributed by atoms with van der Waals surface area (Å²) in [6, 6.07) is 4.79. The number of ether oxygens (including phenoxy) is 1. The fourth-order valence-electron chi connectivity index (χ4n) is 2.69. The van der Waals surface area contributed by atoms with Crippen molar-refractivity contribution in [2.45, 2.75) is 31.7 Å². The molecule has 2 rings (SSSR count). The molecule has 2 atom stereocenters. The van der Waals surface area contributed by atoms with E-state index < -0.39 is 11.3 Å². The van der Waals surface area contributed by atoms with Crippen LogP contribution in [0.4, 0.5) is 5.69 Å². The van der Waals surface area contributed by atoms with Crippen molar-refractivity contribution < 1.29 is 18.3 Å². The van der Waals surface area contributed by atoms with E-state index in [0.717, 1.165) is 22.9 Å². The Balaban J connectivity index is 2.31. The molecule has 0 saturated heterocycles. The van der Waals surface area contributed by atoms with Crippen LogP contribution in [0.1, 0.15) is 25.7 Å². The molecule has 23 heavy (non-hydrogen) atoms. The molecule has 0 aromatic heterocycles. The number of hydrogen-bond donors (Lipinski definition) is 0. The molecule has 1 aromatic carbocycles. The number of rotatable bonds is 7. The lowest BCUT2D eigenvalue weighted by atomic mass is 9.92. The lowest BCUT2D eigenvalue weighted by Gasteiger charge is -2.38. The monoisotopic (exact) mass is 420 g/mol. The van der Waals surface area contributed by atoms with Crippen LogP contribution < -0.4 is 4.31 Å². The van der Waals surface area contributed by atoms with Crippen LogP contribution in [-0.4, -0.2) is 27.9 Å². The number of allylic oxidation sites excluding steroid dienone is 1. The Morgan fingerprint density at radius 2 is 2.30 bits per heavy atom.